The van der Waals surface area contributed by atoms with Crippen molar-refractivity contribution in [2.24, 2.45) is 0 Å². The van der Waals surface area contributed by atoms with E-state index in [0.717, 1.165) is 5.03 Å². The molecule has 0 spiro atoms. The summed E-state index contributed by atoms with van der Waals surface area (Å²) in [7, 11) is -3.53. The Morgan fingerprint density at radius 3 is 2.54 bits per heavy atom. The fourth-order valence-corrected chi connectivity index (χ4v) is 4.48. The van der Waals surface area contributed by atoms with Crippen molar-refractivity contribution in [3.05, 3.63) is 48.7 Å². The molecule has 1 amide bonds. The molecule has 1 aliphatic heterocycles. The van der Waals surface area contributed by atoms with Gasteiger partial charge in [-0.2, -0.15) is 4.31 Å². The fraction of sp³-hybridized carbons (Fsp3) is 0.294. The number of hydrogen-bond acceptors (Lipinski definition) is 6. The summed E-state index contributed by atoms with van der Waals surface area (Å²) in [5.41, 5.74) is 0.553. The molecule has 1 fully saturated rings. The van der Waals surface area contributed by atoms with Gasteiger partial charge >= 0.3 is 0 Å². The smallest absolute Gasteiger partial charge is 0.243 e. The molecule has 3 rings (SSSR count). The number of rotatable bonds is 6. The van der Waals surface area contributed by atoms with Crippen molar-refractivity contribution < 1.29 is 17.9 Å². The van der Waals surface area contributed by atoms with E-state index in [-0.39, 0.29) is 16.6 Å². The van der Waals surface area contributed by atoms with Gasteiger partial charge in [-0.25, -0.2) is 13.4 Å². The van der Waals surface area contributed by atoms with Gasteiger partial charge in [-0.05, 0) is 36.4 Å². The Balaban J connectivity index is 1.58. The quantitative estimate of drug-likeness (QED) is 0.754. The van der Waals surface area contributed by atoms with Crippen molar-refractivity contribution in [1.82, 2.24) is 9.29 Å². The first-order valence-electron chi connectivity index (χ1n) is 8.07. The molecule has 1 aliphatic rings. The molecular formula is C17H19N3O4S2. The van der Waals surface area contributed by atoms with Crippen molar-refractivity contribution in [2.45, 2.75) is 9.92 Å². The molecule has 0 bridgehead atoms. The summed E-state index contributed by atoms with van der Waals surface area (Å²) in [6.45, 7) is 1.51. The first-order chi connectivity index (χ1) is 12.6. The van der Waals surface area contributed by atoms with Gasteiger partial charge in [0.25, 0.3) is 0 Å². The Morgan fingerprint density at radius 1 is 1.15 bits per heavy atom. The number of carbonyl (C=O) groups is 1. The summed E-state index contributed by atoms with van der Waals surface area (Å²) >= 11 is 1.34. The zero-order valence-corrected chi connectivity index (χ0v) is 15.6. The molecule has 0 saturated carbocycles. The van der Waals surface area contributed by atoms with Crippen molar-refractivity contribution in [3.8, 4) is 0 Å². The average molecular weight is 393 g/mol. The number of nitrogens with zero attached hydrogens (tertiary/aromatic N) is 2. The van der Waals surface area contributed by atoms with E-state index in [0.29, 0.717) is 32.0 Å². The highest BCUT2D eigenvalue weighted by atomic mass is 32.2. The SMILES string of the molecule is O=C(CSc1ccccn1)Nc1ccc(S(=O)(=O)N2CCOCC2)cc1. The number of pyridine rings is 1. The standard InChI is InChI=1S/C17H19N3O4S2/c21-16(13-25-17-3-1-2-8-18-17)19-14-4-6-15(7-5-14)26(22,23)20-9-11-24-12-10-20/h1-8H,9-13H2,(H,19,21). The fourth-order valence-electron chi connectivity index (χ4n) is 2.42. The van der Waals surface area contributed by atoms with Crippen LogP contribution in [0, 0.1) is 0 Å². The van der Waals surface area contributed by atoms with E-state index in [1.807, 2.05) is 18.2 Å². The third-order valence-electron chi connectivity index (χ3n) is 3.73. The molecule has 2 heterocycles. The van der Waals surface area contributed by atoms with E-state index in [1.165, 1.54) is 28.2 Å². The minimum atomic E-state index is -3.53. The molecule has 7 nitrogen and oxygen atoms in total. The predicted molar refractivity (Wildman–Crippen MR) is 99.6 cm³/mol. The molecule has 0 atom stereocenters. The molecule has 1 aromatic carbocycles. The van der Waals surface area contributed by atoms with Crippen molar-refractivity contribution in [2.75, 3.05) is 37.4 Å². The largest absolute Gasteiger partial charge is 0.379 e. The molecule has 0 aliphatic carbocycles. The van der Waals surface area contributed by atoms with Crippen LogP contribution in [0.25, 0.3) is 0 Å². The van der Waals surface area contributed by atoms with Crippen LogP contribution in [0.3, 0.4) is 0 Å². The van der Waals surface area contributed by atoms with E-state index in [2.05, 4.69) is 10.3 Å². The van der Waals surface area contributed by atoms with Crippen LogP contribution < -0.4 is 5.32 Å². The summed E-state index contributed by atoms with van der Waals surface area (Å²) in [5, 5.41) is 3.53. The molecule has 2 aromatic rings. The number of carbonyl (C=O) groups excluding carboxylic acids is 1. The zero-order valence-electron chi connectivity index (χ0n) is 14.0. The highest BCUT2D eigenvalue weighted by Gasteiger charge is 2.26. The third kappa shape index (κ3) is 4.82. The van der Waals surface area contributed by atoms with Crippen LogP contribution in [0.15, 0.2) is 58.6 Å². The molecule has 26 heavy (non-hydrogen) atoms. The van der Waals surface area contributed by atoms with Crippen LogP contribution in [0.1, 0.15) is 0 Å². The first-order valence-corrected chi connectivity index (χ1v) is 10.5. The van der Waals surface area contributed by atoms with Crippen LogP contribution in [0.2, 0.25) is 0 Å². The van der Waals surface area contributed by atoms with Gasteiger partial charge in [0.1, 0.15) is 0 Å². The molecule has 1 aromatic heterocycles. The van der Waals surface area contributed by atoms with Gasteiger partial charge in [-0.15, -0.1) is 0 Å². The Morgan fingerprint density at radius 2 is 1.88 bits per heavy atom. The summed E-state index contributed by atoms with van der Waals surface area (Å²) in [6.07, 6.45) is 1.67. The highest BCUT2D eigenvalue weighted by molar-refractivity contribution is 7.99. The lowest BCUT2D eigenvalue weighted by Gasteiger charge is -2.26. The molecule has 9 heteroatoms. The highest BCUT2D eigenvalue weighted by Crippen LogP contribution is 2.20. The van der Waals surface area contributed by atoms with Crippen LogP contribution in [-0.4, -0.2) is 55.7 Å². The maximum absolute atomic E-state index is 12.6. The number of aromatic nitrogens is 1. The van der Waals surface area contributed by atoms with Crippen LogP contribution in [0.5, 0.6) is 0 Å². The van der Waals surface area contributed by atoms with Crippen molar-refractivity contribution in [1.29, 1.82) is 0 Å². The maximum atomic E-state index is 12.6. The Kier molecular flexibility index (Phi) is 6.25. The molecule has 1 N–H and O–H groups in total. The first kappa shape index (κ1) is 18.8. The van der Waals surface area contributed by atoms with Crippen LogP contribution in [-0.2, 0) is 19.6 Å². The lowest BCUT2D eigenvalue weighted by Crippen LogP contribution is -2.40. The van der Waals surface area contributed by atoms with E-state index in [1.54, 1.807) is 18.3 Å². The van der Waals surface area contributed by atoms with Gasteiger partial charge in [0.05, 0.1) is 28.9 Å². The molecular weight excluding hydrogens is 374 g/mol. The molecule has 138 valence electrons. The van der Waals surface area contributed by atoms with Crippen molar-refractivity contribution >= 4 is 33.4 Å². The van der Waals surface area contributed by atoms with Crippen molar-refractivity contribution in [3.63, 3.8) is 0 Å². The summed E-state index contributed by atoms with van der Waals surface area (Å²) in [4.78, 5) is 16.4. The second kappa shape index (κ2) is 8.63. The van der Waals surface area contributed by atoms with Crippen LogP contribution >= 0.6 is 11.8 Å². The third-order valence-corrected chi connectivity index (χ3v) is 6.59. The number of sulfonamides is 1. The van der Waals surface area contributed by atoms with Gasteiger partial charge in [0.15, 0.2) is 0 Å². The Hall–Kier alpha value is -1.94. The monoisotopic (exact) mass is 393 g/mol. The lowest BCUT2D eigenvalue weighted by atomic mass is 10.3. The molecule has 1 saturated heterocycles. The second-order valence-electron chi connectivity index (χ2n) is 5.55. The lowest BCUT2D eigenvalue weighted by molar-refractivity contribution is -0.113. The van der Waals surface area contributed by atoms with E-state index in [4.69, 9.17) is 4.74 Å². The number of anilines is 1. The summed E-state index contributed by atoms with van der Waals surface area (Å²) in [6, 6.07) is 11.7. The van der Waals surface area contributed by atoms with E-state index in [9.17, 15) is 13.2 Å². The zero-order chi connectivity index (χ0) is 18.4. The topological polar surface area (TPSA) is 88.6 Å². The number of ether oxygens (including phenoxy) is 1. The maximum Gasteiger partial charge on any atom is 0.243 e. The minimum absolute atomic E-state index is 0.176. The minimum Gasteiger partial charge on any atom is -0.379 e. The van der Waals surface area contributed by atoms with Gasteiger partial charge in [0.2, 0.25) is 15.9 Å². The number of benzene rings is 1. The molecule has 0 radical (unpaired) electrons. The number of nitrogens with one attached hydrogen (secondary N) is 1. The summed E-state index contributed by atoms with van der Waals surface area (Å²) < 4.78 is 31.7. The average Bonchev–Trinajstić information content (AvgIpc) is 2.68. The molecule has 0 unspecified atom stereocenters. The number of morpholine rings is 1. The second-order valence-corrected chi connectivity index (χ2v) is 8.48. The number of thioether (sulfide) groups is 1. The van der Waals surface area contributed by atoms with Gasteiger partial charge in [-0.3, -0.25) is 4.79 Å². The Labute approximate surface area is 156 Å². The number of hydrogen-bond donors (Lipinski definition) is 1. The summed E-state index contributed by atoms with van der Waals surface area (Å²) in [5.74, 6) is 0.0506. The Bertz CT molecular complexity index is 836. The van der Waals surface area contributed by atoms with Crippen LogP contribution in [0.4, 0.5) is 5.69 Å². The predicted octanol–water partition coefficient (Wildman–Crippen LogP) is 1.83. The van der Waals surface area contributed by atoms with Gasteiger partial charge in [0, 0.05) is 25.0 Å². The van der Waals surface area contributed by atoms with Gasteiger partial charge < -0.3 is 10.1 Å². The van der Waals surface area contributed by atoms with Gasteiger partial charge in [-0.1, -0.05) is 17.8 Å². The van der Waals surface area contributed by atoms with E-state index >= 15 is 0 Å². The van der Waals surface area contributed by atoms with E-state index < -0.39 is 10.0 Å². The number of amides is 1. The normalized spacial score (nSPS) is 15.5.